The van der Waals surface area contributed by atoms with E-state index in [9.17, 15) is 22.8 Å². The van der Waals surface area contributed by atoms with E-state index >= 15 is 0 Å². The highest BCUT2D eigenvalue weighted by atomic mass is 19.4. The molecule has 1 fully saturated rings. The second kappa shape index (κ2) is 10.8. The van der Waals surface area contributed by atoms with Crippen molar-refractivity contribution in [2.45, 2.75) is 19.1 Å². The smallest absolute Gasteiger partial charge is 0.421 e. The molecular formula is C27H26F3N7O3. The van der Waals surface area contributed by atoms with Crippen LogP contribution >= 0.6 is 0 Å². The molecule has 0 radical (unpaired) electrons. The molecule has 13 heteroatoms. The van der Waals surface area contributed by atoms with Gasteiger partial charge in [-0.3, -0.25) is 9.59 Å². The van der Waals surface area contributed by atoms with E-state index in [4.69, 9.17) is 4.74 Å². The van der Waals surface area contributed by atoms with Gasteiger partial charge in [0.25, 0.3) is 0 Å². The summed E-state index contributed by atoms with van der Waals surface area (Å²) in [6.45, 7) is 7.19. The highest BCUT2D eigenvalue weighted by Gasteiger charge is 2.36. The fourth-order valence-corrected chi connectivity index (χ4v) is 4.61. The van der Waals surface area contributed by atoms with Crippen LogP contribution in [0.25, 0.3) is 0 Å². The number of anilines is 6. The molecule has 1 aromatic heterocycles. The van der Waals surface area contributed by atoms with Crippen LogP contribution in [-0.2, 0) is 15.8 Å². The Labute approximate surface area is 227 Å². The van der Waals surface area contributed by atoms with Gasteiger partial charge in [0.15, 0.2) is 0 Å². The maximum atomic E-state index is 13.7. The number of fused-ring (bicyclic) bond motifs is 3. The molecule has 0 bridgehead atoms. The van der Waals surface area contributed by atoms with Crippen LogP contribution in [0.2, 0.25) is 0 Å². The van der Waals surface area contributed by atoms with Crippen LogP contribution in [0.5, 0.6) is 5.75 Å². The minimum atomic E-state index is -4.71. The summed E-state index contributed by atoms with van der Waals surface area (Å²) in [6, 6.07) is 11.6. The second-order valence-electron chi connectivity index (χ2n) is 9.28. The molecule has 208 valence electrons. The molecule has 3 aromatic rings. The highest BCUT2D eigenvalue weighted by molar-refractivity contribution is 5.99. The summed E-state index contributed by atoms with van der Waals surface area (Å²) in [5.74, 6) is -0.332. The Bertz CT molecular complexity index is 1460. The van der Waals surface area contributed by atoms with E-state index in [1.54, 1.807) is 42.2 Å². The number of ether oxygens (including phenoxy) is 1. The number of carbonyl (C=O) groups excluding carboxylic acids is 2. The van der Waals surface area contributed by atoms with Gasteiger partial charge >= 0.3 is 6.18 Å². The third-order valence-electron chi connectivity index (χ3n) is 6.56. The zero-order chi connectivity index (χ0) is 28.4. The number of carbonyl (C=O) groups is 2. The lowest BCUT2D eigenvalue weighted by molar-refractivity contribution is -0.137. The van der Waals surface area contributed by atoms with Gasteiger partial charge in [-0.15, -0.1) is 0 Å². The van der Waals surface area contributed by atoms with Crippen molar-refractivity contribution in [3.05, 3.63) is 66.9 Å². The van der Waals surface area contributed by atoms with Crippen LogP contribution in [-0.4, -0.2) is 59.0 Å². The van der Waals surface area contributed by atoms with Crippen LogP contribution in [0.15, 0.2) is 61.3 Å². The summed E-state index contributed by atoms with van der Waals surface area (Å²) in [7, 11) is 0. The number of benzene rings is 2. The molecule has 10 nitrogen and oxygen atoms in total. The maximum absolute atomic E-state index is 13.7. The van der Waals surface area contributed by atoms with Gasteiger partial charge in [-0.1, -0.05) is 12.6 Å². The Morgan fingerprint density at radius 3 is 2.62 bits per heavy atom. The molecule has 2 aliphatic heterocycles. The number of rotatable bonds is 6. The Balaban J connectivity index is 1.37. The normalized spacial score (nSPS) is 16.2. The van der Waals surface area contributed by atoms with Crippen LogP contribution in [0, 0.1) is 0 Å². The van der Waals surface area contributed by atoms with E-state index < -0.39 is 23.5 Å². The van der Waals surface area contributed by atoms with E-state index in [1.165, 1.54) is 6.07 Å². The SMILES string of the molecule is C=CC(=O)Nc1cccc(Nc2nc(Nc3ccc4c(c3)OC[C@H]3CN(C(C)=O)CCN43)ncc2C(F)(F)F)c1. The number of nitrogens with one attached hydrogen (secondary N) is 3. The lowest BCUT2D eigenvalue weighted by Gasteiger charge is -2.45. The van der Waals surface area contributed by atoms with E-state index in [2.05, 4.69) is 37.4 Å². The predicted molar refractivity (Wildman–Crippen MR) is 144 cm³/mol. The number of hydrogen-bond acceptors (Lipinski definition) is 8. The molecule has 0 aliphatic carbocycles. The van der Waals surface area contributed by atoms with Gasteiger partial charge in [0, 0.05) is 55.9 Å². The first-order chi connectivity index (χ1) is 19.1. The first kappa shape index (κ1) is 26.8. The van der Waals surface area contributed by atoms with Crippen LogP contribution in [0.1, 0.15) is 12.5 Å². The number of aromatic nitrogens is 2. The van der Waals surface area contributed by atoms with Crippen LogP contribution < -0.4 is 25.6 Å². The molecule has 3 heterocycles. The number of piperazine rings is 1. The molecule has 5 rings (SSSR count). The van der Waals surface area contributed by atoms with Gasteiger partial charge in [-0.25, -0.2) is 4.98 Å². The van der Waals surface area contributed by atoms with E-state index in [0.717, 1.165) is 11.8 Å². The van der Waals surface area contributed by atoms with Gasteiger partial charge in [-0.2, -0.15) is 18.2 Å². The minimum Gasteiger partial charge on any atom is -0.489 e. The summed E-state index contributed by atoms with van der Waals surface area (Å²) < 4.78 is 47.2. The van der Waals surface area contributed by atoms with Gasteiger partial charge in [-0.05, 0) is 36.4 Å². The van der Waals surface area contributed by atoms with Gasteiger partial charge in [0.2, 0.25) is 17.8 Å². The summed E-state index contributed by atoms with van der Waals surface area (Å²) in [5.41, 5.74) is 1.00. The summed E-state index contributed by atoms with van der Waals surface area (Å²) in [6.07, 6.45) is -2.92. The average molecular weight is 554 g/mol. The monoisotopic (exact) mass is 553 g/mol. The molecule has 2 aliphatic rings. The molecule has 0 saturated carbocycles. The van der Waals surface area contributed by atoms with Crippen molar-refractivity contribution < 1.29 is 27.5 Å². The van der Waals surface area contributed by atoms with Crippen molar-refractivity contribution in [2.24, 2.45) is 0 Å². The van der Waals surface area contributed by atoms with Crippen LogP contribution in [0.3, 0.4) is 0 Å². The predicted octanol–water partition coefficient (Wildman–Crippen LogP) is 4.54. The van der Waals surface area contributed by atoms with Gasteiger partial charge < -0.3 is 30.5 Å². The number of halogens is 3. The third kappa shape index (κ3) is 5.77. The molecule has 1 atom stereocenters. The standard InChI is InChI=1S/C27H26F3N7O3/c1-3-24(39)32-17-5-4-6-18(11-17)33-25-21(27(28,29)30)13-31-26(35-25)34-19-7-8-22-23(12-19)40-15-20-14-36(16(2)38)9-10-37(20)22/h3-8,11-13,20H,1,9-10,14-15H2,2H3,(H,32,39)(H2,31,33,34,35)/t20-/m1/s1. The van der Waals surface area contributed by atoms with Gasteiger partial charge in [0.05, 0.1) is 11.7 Å². The maximum Gasteiger partial charge on any atom is 0.421 e. The first-order valence-electron chi connectivity index (χ1n) is 12.4. The van der Waals surface area contributed by atoms with Crippen molar-refractivity contribution in [3.8, 4) is 5.75 Å². The Morgan fingerprint density at radius 2 is 1.88 bits per heavy atom. The Hall–Kier alpha value is -4.81. The minimum absolute atomic E-state index is 0.0302. The molecule has 2 amide bonds. The van der Waals surface area contributed by atoms with E-state index in [-0.39, 0.29) is 23.6 Å². The van der Waals surface area contributed by atoms with E-state index in [0.29, 0.717) is 49.6 Å². The molecule has 0 spiro atoms. The molecule has 40 heavy (non-hydrogen) atoms. The Kier molecular flexibility index (Phi) is 7.20. The number of amides is 2. The summed E-state index contributed by atoms with van der Waals surface area (Å²) >= 11 is 0. The molecule has 1 saturated heterocycles. The number of alkyl halides is 3. The number of nitrogens with zero attached hydrogens (tertiary/aromatic N) is 4. The zero-order valence-corrected chi connectivity index (χ0v) is 21.5. The van der Waals surface area contributed by atoms with Crippen molar-refractivity contribution in [2.75, 3.05) is 47.1 Å². The van der Waals surface area contributed by atoms with Crippen molar-refractivity contribution >= 4 is 46.3 Å². The number of hydrogen-bond donors (Lipinski definition) is 3. The van der Waals surface area contributed by atoms with Crippen molar-refractivity contribution in [1.82, 2.24) is 14.9 Å². The molecular weight excluding hydrogens is 527 g/mol. The lowest BCUT2D eigenvalue weighted by Crippen LogP contribution is -2.58. The topological polar surface area (TPSA) is 112 Å². The summed E-state index contributed by atoms with van der Waals surface area (Å²) in [4.78, 5) is 35.3. The van der Waals surface area contributed by atoms with E-state index in [1.807, 2.05) is 6.07 Å². The fraction of sp³-hybridized carbons (Fsp3) is 0.259. The quantitative estimate of drug-likeness (QED) is 0.382. The largest absolute Gasteiger partial charge is 0.489 e. The highest BCUT2D eigenvalue weighted by Crippen LogP contribution is 2.39. The molecule has 3 N–H and O–H groups in total. The Morgan fingerprint density at radius 1 is 1.10 bits per heavy atom. The van der Waals surface area contributed by atoms with Crippen LogP contribution in [0.4, 0.5) is 47.7 Å². The zero-order valence-electron chi connectivity index (χ0n) is 21.5. The van der Waals surface area contributed by atoms with Gasteiger partial charge in [0.1, 0.15) is 23.7 Å². The fourth-order valence-electron chi connectivity index (χ4n) is 4.61. The second-order valence-corrected chi connectivity index (χ2v) is 9.28. The van der Waals surface area contributed by atoms with Crippen molar-refractivity contribution in [1.29, 1.82) is 0 Å². The van der Waals surface area contributed by atoms with Crippen molar-refractivity contribution in [3.63, 3.8) is 0 Å². The third-order valence-corrected chi connectivity index (χ3v) is 6.56. The summed E-state index contributed by atoms with van der Waals surface area (Å²) in [5, 5.41) is 8.19. The lowest BCUT2D eigenvalue weighted by atomic mass is 10.1. The molecule has 0 unspecified atom stereocenters. The average Bonchev–Trinajstić information content (AvgIpc) is 2.92. The molecule has 2 aromatic carbocycles. The first-order valence-corrected chi connectivity index (χ1v) is 12.4.